The molecule has 2 fully saturated rings. The summed E-state index contributed by atoms with van der Waals surface area (Å²) in [6, 6.07) is 8.91. The van der Waals surface area contributed by atoms with Crippen molar-refractivity contribution in [3.05, 3.63) is 46.8 Å². The highest BCUT2D eigenvalue weighted by Crippen LogP contribution is 2.39. The fourth-order valence-electron chi connectivity index (χ4n) is 6.25. The third kappa shape index (κ3) is 4.35. The number of morpholine rings is 1. The fourth-order valence-corrected chi connectivity index (χ4v) is 6.25. The summed E-state index contributed by atoms with van der Waals surface area (Å²) in [5, 5.41) is 6.34. The van der Waals surface area contributed by atoms with Crippen molar-refractivity contribution in [2.75, 3.05) is 55.9 Å². The molecule has 0 aliphatic carbocycles. The summed E-state index contributed by atoms with van der Waals surface area (Å²) in [4.78, 5) is 19.6. The van der Waals surface area contributed by atoms with Crippen LogP contribution in [-0.2, 0) is 22.5 Å². The molecule has 4 aromatic rings. The van der Waals surface area contributed by atoms with Crippen molar-refractivity contribution in [3.63, 3.8) is 0 Å². The van der Waals surface area contributed by atoms with Crippen LogP contribution in [0.2, 0.25) is 0 Å². The third-order valence-electron chi connectivity index (χ3n) is 8.10. The molecule has 204 valence electrons. The average Bonchev–Trinajstić information content (AvgIpc) is 3.39. The number of aryl methyl sites for hydroxylation is 1. The maximum absolute atomic E-state index is 5.88. The van der Waals surface area contributed by atoms with Crippen molar-refractivity contribution in [2.45, 2.75) is 52.2 Å². The van der Waals surface area contributed by atoms with Crippen LogP contribution in [0.1, 0.15) is 54.7 Å². The lowest BCUT2D eigenvalue weighted by Crippen LogP contribution is -2.39. The molecule has 0 saturated carbocycles. The van der Waals surface area contributed by atoms with Crippen LogP contribution in [0.3, 0.4) is 0 Å². The van der Waals surface area contributed by atoms with E-state index in [2.05, 4.69) is 33.4 Å². The second-order valence-corrected chi connectivity index (χ2v) is 10.5. The van der Waals surface area contributed by atoms with Crippen LogP contribution in [0.15, 0.2) is 24.3 Å². The number of anilines is 2. The molecule has 0 spiro atoms. The number of fused-ring (bicyclic) bond motifs is 3. The second kappa shape index (κ2) is 10.2. The van der Waals surface area contributed by atoms with Crippen LogP contribution < -0.4 is 14.5 Å². The van der Waals surface area contributed by atoms with Crippen LogP contribution in [0.25, 0.3) is 16.6 Å². The molecule has 3 aliphatic heterocycles. The summed E-state index contributed by atoms with van der Waals surface area (Å²) in [5.74, 6) is 2.03. The Kier molecular flexibility index (Phi) is 6.44. The van der Waals surface area contributed by atoms with Gasteiger partial charge in [-0.25, -0.2) is 4.98 Å². The lowest BCUT2D eigenvalue weighted by molar-refractivity contribution is 0.106. The first-order valence-electron chi connectivity index (χ1n) is 14.2. The van der Waals surface area contributed by atoms with E-state index in [1.54, 1.807) is 0 Å². The van der Waals surface area contributed by atoms with Gasteiger partial charge in [0.05, 0.1) is 56.0 Å². The van der Waals surface area contributed by atoms with Crippen LogP contribution in [0.4, 0.5) is 11.6 Å². The minimum absolute atomic E-state index is 0.0819. The van der Waals surface area contributed by atoms with Gasteiger partial charge in [-0.1, -0.05) is 12.1 Å². The minimum Gasteiger partial charge on any atom is -0.464 e. The number of piperidine rings is 1. The van der Waals surface area contributed by atoms with E-state index in [0.717, 1.165) is 96.0 Å². The molecule has 6 heterocycles. The number of ether oxygens (including phenoxy) is 3. The van der Waals surface area contributed by atoms with Gasteiger partial charge >= 0.3 is 6.01 Å². The van der Waals surface area contributed by atoms with Gasteiger partial charge in [-0.3, -0.25) is 0 Å². The quantitative estimate of drug-likeness (QED) is 0.380. The molecule has 0 amide bonds. The number of benzene rings is 1. The highest BCUT2D eigenvalue weighted by molar-refractivity contribution is 5.93. The summed E-state index contributed by atoms with van der Waals surface area (Å²) >= 11 is 0. The summed E-state index contributed by atoms with van der Waals surface area (Å²) in [6.07, 6.45) is 4.07. The second-order valence-electron chi connectivity index (χ2n) is 10.5. The van der Waals surface area contributed by atoms with E-state index in [9.17, 15) is 0 Å². The Morgan fingerprint density at radius 2 is 1.92 bits per heavy atom. The van der Waals surface area contributed by atoms with E-state index >= 15 is 0 Å². The van der Waals surface area contributed by atoms with Gasteiger partial charge in [0.25, 0.3) is 0 Å². The third-order valence-corrected chi connectivity index (χ3v) is 8.10. The van der Waals surface area contributed by atoms with Crippen molar-refractivity contribution in [3.8, 4) is 6.01 Å². The van der Waals surface area contributed by atoms with Crippen molar-refractivity contribution < 1.29 is 14.2 Å². The summed E-state index contributed by atoms with van der Waals surface area (Å²) in [5.41, 5.74) is 6.28. The Hall–Kier alpha value is -3.50. The van der Waals surface area contributed by atoms with Gasteiger partial charge in [-0.15, -0.1) is 0 Å². The number of rotatable bonds is 5. The monoisotopic (exact) mass is 529 g/mol. The zero-order chi connectivity index (χ0) is 26.3. The molecule has 3 aliphatic rings. The predicted molar refractivity (Wildman–Crippen MR) is 149 cm³/mol. The fraction of sp³-hybridized carbons (Fsp3) is 0.517. The van der Waals surface area contributed by atoms with Crippen LogP contribution in [0.5, 0.6) is 6.01 Å². The number of aromatic nitrogens is 5. The Balaban J connectivity index is 1.37. The largest absolute Gasteiger partial charge is 0.464 e. The van der Waals surface area contributed by atoms with E-state index in [1.165, 1.54) is 0 Å². The first-order valence-corrected chi connectivity index (χ1v) is 14.2. The van der Waals surface area contributed by atoms with Crippen molar-refractivity contribution >= 4 is 28.2 Å². The molecule has 0 radical (unpaired) electrons. The van der Waals surface area contributed by atoms with Crippen LogP contribution in [0, 0.1) is 6.92 Å². The zero-order valence-corrected chi connectivity index (χ0v) is 22.7. The van der Waals surface area contributed by atoms with Gasteiger partial charge in [0.15, 0.2) is 5.65 Å². The zero-order valence-electron chi connectivity index (χ0n) is 22.7. The SMILES string of the molecule is CCOc1nc(N2CCCCC2c2cc3nc4c(c(N5CCOCC5)n3n2)COCC4)c2c(C)cccc2n1. The lowest BCUT2D eigenvalue weighted by Gasteiger charge is -2.36. The lowest BCUT2D eigenvalue weighted by atomic mass is 9.98. The highest BCUT2D eigenvalue weighted by Gasteiger charge is 2.32. The van der Waals surface area contributed by atoms with Gasteiger partial charge in [-0.05, 0) is 44.7 Å². The molecule has 1 unspecified atom stereocenters. The molecular formula is C29H35N7O3. The maximum atomic E-state index is 5.88. The molecular weight excluding hydrogens is 494 g/mol. The molecule has 3 aromatic heterocycles. The Bertz CT molecular complexity index is 1510. The van der Waals surface area contributed by atoms with Gasteiger partial charge < -0.3 is 24.0 Å². The Labute approximate surface area is 227 Å². The van der Waals surface area contributed by atoms with Gasteiger partial charge in [0.1, 0.15) is 11.6 Å². The average molecular weight is 530 g/mol. The van der Waals surface area contributed by atoms with E-state index in [0.29, 0.717) is 39.0 Å². The van der Waals surface area contributed by atoms with Crippen LogP contribution >= 0.6 is 0 Å². The summed E-state index contributed by atoms with van der Waals surface area (Å²) < 4.78 is 19.4. The van der Waals surface area contributed by atoms with E-state index in [1.807, 2.05) is 19.1 Å². The standard InChI is InChI=1S/C29H35N7O3/c1-3-39-29-31-22-8-6-7-19(2)26(22)27(32-29)35-11-5-4-9-24(35)23-17-25-30-21-10-14-38-18-20(21)28(36(25)33-23)34-12-15-37-16-13-34/h6-8,17,24H,3-5,9-16,18H2,1-2H3. The molecule has 10 nitrogen and oxygen atoms in total. The van der Waals surface area contributed by atoms with Crippen LogP contribution in [-0.4, -0.2) is 70.6 Å². The molecule has 0 bridgehead atoms. The minimum atomic E-state index is 0.0819. The topological polar surface area (TPSA) is 90.1 Å². The first-order chi connectivity index (χ1) is 19.2. The Morgan fingerprint density at radius 1 is 1.03 bits per heavy atom. The number of hydrogen-bond donors (Lipinski definition) is 0. The molecule has 2 saturated heterocycles. The first kappa shape index (κ1) is 24.5. The highest BCUT2D eigenvalue weighted by atomic mass is 16.5. The molecule has 1 aromatic carbocycles. The molecule has 0 N–H and O–H groups in total. The van der Waals surface area contributed by atoms with Gasteiger partial charge in [-0.2, -0.15) is 19.6 Å². The van der Waals surface area contributed by atoms with E-state index in [4.69, 9.17) is 34.3 Å². The predicted octanol–water partition coefficient (Wildman–Crippen LogP) is 4.02. The summed E-state index contributed by atoms with van der Waals surface area (Å²) in [6.45, 7) is 9.90. The van der Waals surface area contributed by atoms with Crippen molar-refractivity contribution in [1.82, 2.24) is 24.6 Å². The molecule has 7 rings (SSSR count). The number of nitrogens with zero attached hydrogens (tertiary/aromatic N) is 7. The smallest absolute Gasteiger partial charge is 0.318 e. The van der Waals surface area contributed by atoms with Gasteiger partial charge in [0, 0.05) is 43.1 Å². The normalized spacial score (nSPS) is 20.0. The van der Waals surface area contributed by atoms with Crippen molar-refractivity contribution in [2.24, 2.45) is 0 Å². The van der Waals surface area contributed by atoms with Gasteiger partial charge in [0.2, 0.25) is 0 Å². The van der Waals surface area contributed by atoms with E-state index < -0.39 is 0 Å². The number of hydrogen-bond acceptors (Lipinski definition) is 9. The molecule has 39 heavy (non-hydrogen) atoms. The van der Waals surface area contributed by atoms with E-state index in [-0.39, 0.29) is 6.04 Å². The summed E-state index contributed by atoms with van der Waals surface area (Å²) in [7, 11) is 0. The molecule has 1 atom stereocenters. The maximum Gasteiger partial charge on any atom is 0.318 e. The Morgan fingerprint density at radius 3 is 2.79 bits per heavy atom. The van der Waals surface area contributed by atoms with Crippen molar-refractivity contribution in [1.29, 1.82) is 0 Å². The molecule has 10 heteroatoms.